The molecule has 3 aromatic rings. The number of rotatable bonds is 5. The Morgan fingerprint density at radius 1 is 1.03 bits per heavy atom. The van der Waals surface area contributed by atoms with E-state index in [0.29, 0.717) is 29.5 Å². The minimum absolute atomic E-state index is 0.201. The van der Waals surface area contributed by atoms with Gasteiger partial charge >= 0.3 is 6.18 Å². The molecule has 2 N–H and O–H groups in total. The van der Waals surface area contributed by atoms with E-state index in [4.69, 9.17) is 4.74 Å². The Hall–Kier alpha value is -2.91. The number of hydrogen-bond acceptors (Lipinski definition) is 6. The molecule has 30 heavy (non-hydrogen) atoms. The zero-order chi connectivity index (χ0) is 21.1. The second-order valence-electron chi connectivity index (χ2n) is 7.05. The number of phenolic OH excluding ortho intramolecular Hbond substituents is 1. The second kappa shape index (κ2) is 8.45. The summed E-state index contributed by atoms with van der Waals surface area (Å²) in [5.41, 5.74) is -0.385. The van der Waals surface area contributed by atoms with Crippen LogP contribution in [0.25, 0.3) is 22.0 Å². The molecule has 2 aromatic carbocycles. The van der Waals surface area contributed by atoms with Gasteiger partial charge in [0.2, 0.25) is 0 Å². The molecule has 6 nitrogen and oxygen atoms in total. The summed E-state index contributed by atoms with van der Waals surface area (Å²) in [7, 11) is 0. The first kappa shape index (κ1) is 20.4. The summed E-state index contributed by atoms with van der Waals surface area (Å²) in [5, 5.41) is 23.4. The highest BCUT2D eigenvalue weighted by atomic mass is 19.4. The fraction of sp³-hybridized carbons (Fsp3) is 0.333. The van der Waals surface area contributed by atoms with E-state index in [1.807, 2.05) is 24.3 Å². The largest absolute Gasteiger partial charge is 0.507 e. The van der Waals surface area contributed by atoms with Crippen molar-refractivity contribution in [3.05, 3.63) is 48.0 Å². The van der Waals surface area contributed by atoms with Gasteiger partial charge in [0.05, 0.1) is 18.8 Å². The number of fused-ring (bicyclic) bond motifs is 1. The maximum absolute atomic E-state index is 12.9. The summed E-state index contributed by atoms with van der Waals surface area (Å²) in [4.78, 5) is 2.29. The number of hydrogen-bond donors (Lipinski definition) is 2. The first-order valence-corrected chi connectivity index (χ1v) is 9.63. The molecule has 0 spiro atoms. The fourth-order valence-electron chi connectivity index (χ4n) is 3.50. The SMILES string of the molecule is Oc1cc(C(F)(F)F)ccc1-c1nnc(NCCN2CCOCC2)c2ccccc12. The van der Waals surface area contributed by atoms with Crippen LogP contribution < -0.4 is 5.32 Å². The van der Waals surface area contributed by atoms with E-state index >= 15 is 0 Å². The van der Waals surface area contributed by atoms with E-state index < -0.39 is 17.5 Å². The van der Waals surface area contributed by atoms with Crippen LogP contribution in [0.4, 0.5) is 19.0 Å². The number of nitrogens with one attached hydrogen (secondary N) is 1. The van der Waals surface area contributed by atoms with Crippen LogP contribution in [0, 0.1) is 0 Å². The molecule has 0 radical (unpaired) electrons. The molecule has 0 unspecified atom stereocenters. The molecule has 4 rings (SSSR count). The van der Waals surface area contributed by atoms with Gasteiger partial charge < -0.3 is 15.2 Å². The Kier molecular flexibility index (Phi) is 5.74. The molecule has 1 aromatic heterocycles. The van der Waals surface area contributed by atoms with Gasteiger partial charge in [-0.15, -0.1) is 10.2 Å². The zero-order valence-electron chi connectivity index (χ0n) is 16.1. The average molecular weight is 418 g/mol. The molecule has 0 amide bonds. The predicted octanol–water partition coefficient (Wildman–Crippen LogP) is 3.77. The number of anilines is 1. The summed E-state index contributed by atoms with van der Waals surface area (Å²) in [6.07, 6.45) is -4.53. The van der Waals surface area contributed by atoms with Gasteiger partial charge in [0.1, 0.15) is 11.4 Å². The van der Waals surface area contributed by atoms with Gasteiger partial charge in [0, 0.05) is 42.5 Å². The second-order valence-corrected chi connectivity index (χ2v) is 7.05. The number of aromatic hydroxyl groups is 1. The molecule has 1 fully saturated rings. The van der Waals surface area contributed by atoms with Crippen molar-refractivity contribution >= 4 is 16.6 Å². The van der Waals surface area contributed by atoms with Crippen molar-refractivity contribution < 1.29 is 23.0 Å². The third-order valence-corrected chi connectivity index (χ3v) is 5.09. The predicted molar refractivity (Wildman–Crippen MR) is 107 cm³/mol. The molecule has 1 aliphatic heterocycles. The van der Waals surface area contributed by atoms with Gasteiger partial charge in [-0.1, -0.05) is 24.3 Å². The molecule has 0 saturated carbocycles. The molecular formula is C21H21F3N4O2. The smallest absolute Gasteiger partial charge is 0.416 e. The van der Waals surface area contributed by atoms with Crippen LogP contribution in [-0.2, 0) is 10.9 Å². The van der Waals surface area contributed by atoms with Crippen LogP contribution in [0.1, 0.15) is 5.56 Å². The lowest BCUT2D eigenvalue weighted by Crippen LogP contribution is -2.39. The van der Waals surface area contributed by atoms with Crippen molar-refractivity contribution in [2.45, 2.75) is 6.18 Å². The first-order chi connectivity index (χ1) is 14.4. The maximum Gasteiger partial charge on any atom is 0.416 e. The molecule has 9 heteroatoms. The van der Waals surface area contributed by atoms with Crippen molar-refractivity contribution in [1.82, 2.24) is 15.1 Å². The van der Waals surface area contributed by atoms with E-state index in [1.54, 1.807) is 0 Å². The zero-order valence-corrected chi connectivity index (χ0v) is 16.1. The van der Waals surface area contributed by atoms with Crippen LogP contribution in [0.5, 0.6) is 5.75 Å². The number of ether oxygens (including phenoxy) is 1. The van der Waals surface area contributed by atoms with Crippen molar-refractivity contribution in [2.24, 2.45) is 0 Å². The van der Waals surface area contributed by atoms with Crippen molar-refractivity contribution in [1.29, 1.82) is 0 Å². The van der Waals surface area contributed by atoms with Gasteiger partial charge in [-0.2, -0.15) is 13.2 Å². The lowest BCUT2D eigenvalue weighted by atomic mass is 10.0. The monoisotopic (exact) mass is 418 g/mol. The van der Waals surface area contributed by atoms with Gasteiger partial charge in [-0.3, -0.25) is 4.90 Å². The van der Waals surface area contributed by atoms with E-state index in [2.05, 4.69) is 20.4 Å². The molecule has 2 heterocycles. The highest BCUT2D eigenvalue weighted by Crippen LogP contribution is 2.38. The van der Waals surface area contributed by atoms with Crippen molar-refractivity contribution in [3.63, 3.8) is 0 Å². The minimum Gasteiger partial charge on any atom is -0.507 e. The van der Waals surface area contributed by atoms with Gasteiger partial charge in [0.15, 0.2) is 5.82 Å². The molecule has 0 aliphatic carbocycles. The number of halogens is 3. The number of benzene rings is 2. The molecule has 1 saturated heterocycles. The number of aromatic nitrogens is 2. The van der Waals surface area contributed by atoms with Crippen molar-refractivity contribution in [2.75, 3.05) is 44.7 Å². The number of nitrogens with zero attached hydrogens (tertiary/aromatic N) is 3. The highest BCUT2D eigenvalue weighted by molar-refractivity contribution is 6.00. The molecule has 1 aliphatic rings. The number of alkyl halides is 3. The Labute approximate surface area is 171 Å². The molecule has 0 atom stereocenters. The minimum atomic E-state index is -4.53. The van der Waals surface area contributed by atoms with Crippen LogP contribution in [-0.4, -0.2) is 59.6 Å². The highest BCUT2D eigenvalue weighted by Gasteiger charge is 2.31. The van der Waals surface area contributed by atoms with E-state index in [9.17, 15) is 18.3 Å². The third-order valence-electron chi connectivity index (χ3n) is 5.09. The lowest BCUT2D eigenvalue weighted by Gasteiger charge is -2.26. The van der Waals surface area contributed by atoms with E-state index in [1.165, 1.54) is 6.07 Å². The number of morpholine rings is 1. The van der Waals surface area contributed by atoms with E-state index in [0.717, 1.165) is 44.3 Å². The summed E-state index contributed by atoms with van der Waals surface area (Å²) < 4.78 is 44.1. The number of phenols is 1. The first-order valence-electron chi connectivity index (χ1n) is 9.63. The topological polar surface area (TPSA) is 70.5 Å². The quantitative estimate of drug-likeness (QED) is 0.658. The average Bonchev–Trinajstić information content (AvgIpc) is 2.74. The standard InChI is InChI=1S/C21H21F3N4O2/c22-21(23,24)14-5-6-17(18(29)13-14)19-15-3-1-2-4-16(15)20(27-26-19)25-7-8-28-9-11-30-12-10-28/h1-6,13,29H,7-12H2,(H,25,27). The van der Waals surface area contributed by atoms with Crippen LogP contribution in [0.2, 0.25) is 0 Å². The van der Waals surface area contributed by atoms with Crippen LogP contribution in [0.3, 0.4) is 0 Å². The summed E-state index contributed by atoms with van der Waals surface area (Å²) in [6, 6.07) is 10.2. The Balaban J connectivity index is 1.61. The summed E-state index contributed by atoms with van der Waals surface area (Å²) in [6.45, 7) is 4.74. The normalized spacial score (nSPS) is 15.4. The maximum atomic E-state index is 12.9. The van der Waals surface area contributed by atoms with Crippen LogP contribution in [0.15, 0.2) is 42.5 Å². The van der Waals surface area contributed by atoms with Gasteiger partial charge in [0.25, 0.3) is 0 Å². The summed E-state index contributed by atoms with van der Waals surface area (Å²) in [5.74, 6) is 0.103. The van der Waals surface area contributed by atoms with E-state index in [-0.39, 0.29) is 5.56 Å². The molecular weight excluding hydrogens is 397 g/mol. The molecule has 158 valence electrons. The lowest BCUT2D eigenvalue weighted by molar-refractivity contribution is -0.137. The van der Waals surface area contributed by atoms with Crippen molar-refractivity contribution in [3.8, 4) is 17.0 Å². The summed E-state index contributed by atoms with van der Waals surface area (Å²) >= 11 is 0. The fourth-order valence-corrected chi connectivity index (χ4v) is 3.50. The third kappa shape index (κ3) is 4.31. The molecule has 0 bridgehead atoms. The van der Waals surface area contributed by atoms with Gasteiger partial charge in [-0.25, -0.2) is 0 Å². The Morgan fingerprint density at radius 2 is 1.77 bits per heavy atom. The van der Waals surface area contributed by atoms with Gasteiger partial charge in [-0.05, 0) is 18.2 Å². The Morgan fingerprint density at radius 3 is 2.47 bits per heavy atom. The Bertz CT molecular complexity index is 1040. The van der Waals surface area contributed by atoms with Crippen LogP contribution >= 0.6 is 0 Å².